The fraction of sp³-hybridized carbons (Fsp3) is 0. The lowest BCUT2D eigenvalue weighted by Gasteiger charge is -2.04. The summed E-state index contributed by atoms with van der Waals surface area (Å²) in [4.78, 5) is 12.2. The molecule has 0 unspecified atom stereocenters. The summed E-state index contributed by atoms with van der Waals surface area (Å²) in [6, 6.07) is 5.21. The van der Waals surface area contributed by atoms with Gasteiger partial charge in [-0.15, -0.1) is 0 Å². The van der Waals surface area contributed by atoms with E-state index in [9.17, 15) is 4.79 Å². The summed E-state index contributed by atoms with van der Waals surface area (Å²) in [6.07, 6.45) is 0. The van der Waals surface area contributed by atoms with E-state index in [0.29, 0.717) is 16.8 Å². The molecule has 0 amide bonds. The van der Waals surface area contributed by atoms with Crippen LogP contribution in [-0.2, 0) is 0 Å². The van der Waals surface area contributed by atoms with Crippen LogP contribution in [-0.4, -0.2) is 5.78 Å². The van der Waals surface area contributed by atoms with Crippen LogP contribution in [0.5, 0.6) is 0 Å². The number of rotatable bonds is 2. The van der Waals surface area contributed by atoms with Crippen LogP contribution in [0.15, 0.2) is 37.9 Å². The molecule has 2 N–H and O–H groups in total. The maximum Gasteiger partial charge on any atom is 0.196 e. The average molecular weight is 361 g/mol. The number of carbonyl (C=O) groups excluding carboxylic acids is 1. The van der Waals surface area contributed by atoms with E-state index < -0.39 is 0 Å². The molecule has 0 aliphatic rings. The summed E-state index contributed by atoms with van der Waals surface area (Å²) in [6.45, 7) is 0. The molecule has 0 aliphatic heterocycles. The molecule has 2 nitrogen and oxygen atoms in total. The first-order chi connectivity index (χ1) is 7.59. The summed E-state index contributed by atoms with van der Waals surface area (Å²) >= 11 is 8.19. The van der Waals surface area contributed by atoms with Crippen LogP contribution >= 0.6 is 43.2 Å². The van der Waals surface area contributed by atoms with Crippen LogP contribution in [0.25, 0.3) is 0 Å². The normalized spacial score (nSPS) is 10.4. The zero-order valence-corrected chi connectivity index (χ0v) is 12.0. The largest absolute Gasteiger partial charge is 0.399 e. The lowest BCUT2D eigenvalue weighted by molar-refractivity contribution is 0.103. The van der Waals surface area contributed by atoms with Gasteiger partial charge in [0.15, 0.2) is 5.78 Å². The molecule has 1 aromatic carbocycles. The number of halogens is 2. The Morgan fingerprint density at radius 2 is 1.88 bits per heavy atom. The number of ketones is 1. The summed E-state index contributed by atoms with van der Waals surface area (Å²) in [7, 11) is 0. The van der Waals surface area contributed by atoms with Gasteiger partial charge in [-0.25, -0.2) is 0 Å². The Morgan fingerprint density at radius 1 is 1.12 bits per heavy atom. The average Bonchev–Trinajstić information content (AvgIpc) is 2.67. The number of nitrogens with two attached hydrogens (primary N) is 1. The summed E-state index contributed by atoms with van der Waals surface area (Å²) in [5.41, 5.74) is 7.50. The highest BCUT2D eigenvalue weighted by molar-refractivity contribution is 9.11. The Bertz CT molecular complexity index is 551. The molecule has 5 heteroatoms. The molecule has 2 aromatic rings. The monoisotopic (exact) mass is 359 g/mol. The van der Waals surface area contributed by atoms with Crippen LogP contribution in [0.4, 0.5) is 5.69 Å². The number of hydrogen-bond acceptors (Lipinski definition) is 3. The first kappa shape index (κ1) is 11.8. The van der Waals surface area contributed by atoms with Crippen molar-refractivity contribution in [3.63, 3.8) is 0 Å². The second kappa shape index (κ2) is 4.69. The number of carbonyl (C=O) groups is 1. The second-order valence-electron chi connectivity index (χ2n) is 3.20. The van der Waals surface area contributed by atoms with Gasteiger partial charge in [0.2, 0.25) is 0 Å². The minimum atomic E-state index is -0.0349. The fourth-order valence-electron chi connectivity index (χ4n) is 1.31. The Labute approximate surface area is 114 Å². The number of benzene rings is 1. The van der Waals surface area contributed by atoms with E-state index in [2.05, 4.69) is 31.9 Å². The van der Waals surface area contributed by atoms with E-state index in [1.54, 1.807) is 18.2 Å². The lowest BCUT2D eigenvalue weighted by atomic mass is 10.1. The molecule has 0 radical (unpaired) electrons. The SMILES string of the molecule is Nc1ccc(Br)c(C(=O)c2cscc2Br)c1. The highest BCUT2D eigenvalue weighted by atomic mass is 79.9. The zero-order valence-electron chi connectivity index (χ0n) is 8.04. The highest BCUT2D eigenvalue weighted by Gasteiger charge is 2.16. The van der Waals surface area contributed by atoms with Crippen LogP contribution in [0.3, 0.4) is 0 Å². The predicted molar refractivity (Wildman–Crippen MR) is 74.0 cm³/mol. The molecule has 0 saturated heterocycles. The van der Waals surface area contributed by atoms with Crippen molar-refractivity contribution in [3.05, 3.63) is 49.0 Å². The molecule has 0 spiro atoms. The molecule has 2 rings (SSSR count). The van der Waals surface area contributed by atoms with E-state index in [-0.39, 0.29) is 5.78 Å². The first-order valence-corrected chi connectivity index (χ1v) is 6.94. The Kier molecular flexibility index (Phi) is 3.47. The molecular formula is C11H7Br2NOS. The molecule has 1 aromatic heterocycles. The quantitative estimate of drug-likeness (QED) is 0.647. The smallest absolute Gasteiger partial charge is 0.196 e. The summed E-state index contributed by atoms with van der Waals surface area (Å²) in [5.74, 6) is -0.0349. The number of thiophene rings is 1. The van der Waals surface area contributed by atoms with E-state index in [1.165, 1.54) is 11.3 Å². The van der Waals surface area contributed by atoms with Crippen LogP contribution in [0.2, 0.25) is 0 Å². The van der Waals surface area contributed by atoms with Crippen molar-refractivity contribution >= 4 is 54.7 Å². The third-order valence-electron chi connectivity index (χ3n) is 2.09. The fourth-order valence-corrected chi connectivity index (χ4v) is 3.19. The van der Waals surface area contributed by atoms with E-state index >= 15 is 0 Å². The highest BCUT2D eigenvalue weighted by Crippen LogP contribution is 2.28. The molecule has 1 heterocycles. The lowest BCUT2D eigenvalue weighted by Crippen LogP contribution is -2.02. The second-order valence-corrected chi connectivity index (χ2v) is 5.65. The van der Waals surface area contributed by atoms with E-state index in [4.69, 9.17) is 5.73 Å². The summed E-state index contributed by atoms with van der Waals surface area (Å²) < 4.78 is 1.57. The van der Waals surface area contributed by atoms with Crippen molar-refractivity contribution in [2.45, 2.75) is 0 Å². The molecular weight excluding hydrogens is 354 g/mol. The molecule has 0 fully saturated rings. The maximum atomic E-state index is 12.2. The maximum absolute atomic E-state index is 12.2. The molecule has 0 saturated carbocycles. The Balaban J connectivity index is 2.49. The van der Waals surface area contributed by atoms with Crippen molar-refractivity contribution in [3.8, 4) is 0 Å². The molecule has 82 valence electrons. The third-order valence-corrected chi connectivity index (χ3v) is 4.49. The van der Waals surface area contributed by atoms with Crippen molar-refractivity contribution in [2.75, 3.05) is 5.73 Å². The van der Waals surface area contributed by atoms with Crippen LogP contribution < -0.4 is 5.73 Å². The molecule has 0 atom stereocenters. The van der Waals surface area contributed by atoms with Crippen molar-refractivity contribution in [1.29, 1.82) is 0 Å². The Morgan fingerprint density at radius 3 is 2.50 bits per heavy atom. The third kappa shape index (κ3) is 2.21. The van der Waals surface area contributed by atoms with Gasteiger partial charge < -0.3 is 5.73 Å². The minimum Gasteiger partial charge on any atom is -0.399 e. The van der Waals surface area contributed by atoms with Gasteiger partial charge in [0, 0.05) is 36.5 Å². The zero-order chi connectivity index (χ0) is 11.7. The van der Waals surface area contributed by atoms with Gasteiger partial charge in [-0.1, -0.05) is 15.9 Å². The number of nitrogen functional groups attached to an aromatic ring is 1. The van der Waals surface area contributed by atoms with Crippen molar-refractivity contribution in [2.24, 2.45) is 0 Å². The van der Waals surface area contributed by atoms with Gasteiger partial charge in [-0.2, -0.15) is 11.3 Å². The van der Waals surface area contributed by atoms with Gasteiger partial charge in [-0.05, 0) is 34.1 Å². The van der Waals surface area contributed by atoms with Gasteiger partial charge >= 0.3 is 0 Å². The predicted octanol–water partition coefficient (Wildman–Crippen LogP) is 4.09. The van der Waals surface area contributed by atoms with Gasteiger partial charge in [0.25, 0.3) is 0 Å². The van der Waals surface area contributed by atoms with Crippen molar-refractivity contribution in [1.82, 2.24) is 0 Å². The van der Waals surface area contributed by atoms with Gasteiger partial charge in [-0.3, -0.25) is 4.79 Å². The molecule has 16 heavy (non-hydrogen) atoms. The molecule has 0 bridgehead atoms. The topological polar surface area (TPSA) is 43.1 Å². The first-order valence-electron chi connectivity index (χ1n) is 4.41. The van der Waals surface area contributed by atoms with Crippen molar-refractivity contribution < 1.29 is 4.79 Å². The molecule has 0 aliphatic carbocycles. The standard InChI is InChI=1S/C11H7Br2NOS/c12-9-2-1-6(14)3-7(9)11(15)8-4-16-5-10(8)13/h1-5H,14H2. The number of anilines is 1. The van der Waals surface area contributed by atoms with E-state index in [1.807, 2.05) is 10.8 Å². The van der Waals surface area contributed by atoms with E-state index in [0.717, 1.165) is 8.95 Å². The van der Waals surface area contributed by atoms with Crippen LogP contribution in [0.1, 0.15) is 15.9 Å². The van der Waals surface area contributed by atoms with Gasteiger partial charge in [0.05, 0.1) is 0 Å². The minimum absolute atomic E-state index is 0.0349. The van der Waals surface area contributed by atoms with Gasteiger partial charge in [0.1, 0.15) is 0 Å². The summed E-state index contributed by atoms with van der Waals surface area (Å²) in [5, 5.41) is 3.70. The Hall–Kier alpha value is -0.650. The number of hydrogen-bond donors (Lipinski definition) is 1. The van der Waals surface area contributed by atoms with Crippen LogP contribution in [0, 0.1) is 0 Å².